The van der Waals surface area contributed by atoms with E-state index in [1.54, 1.807) is 11.4 Å². The van der Waals surface area contributed by atoms with Crippen LogP contribution in [-0.4, -0.2) is 25.7 Å². The number of amides is 2. The molecule has 0 radical (unpaired) electrons. The molecule has 2 N–H and O–H groups in total. The third-order valence-electron chi connectivity index (χ3n) is 1.65. The highest BCUT2D eigenvalue weighted by Crippen LogP contribution is 2.23. The maximum Gasteiger partial charge on any atom is 0.340 e. The molecule has 0 aromatic carbocycles. The van der Waals surface area contributed by atoms with E-state index in [9.17, 15) is 9.59 Å². The zero-order chi connectivity index (χ0) is 12.0. The molecule has 0 bridgehead atoms. The molecule has 0 unspecified atom stereocenters. The first kappa shape index (κ1) is 12.1. The first-order valence-electron chi connectivity index (χ1n) is 4.33. The fourth-order valence-corrected chi connectivity index (χ4v) is 1.73. The summed E-state index contributed by atoms with van der Waals surface area (Å²) in [5, 5.41) is 7.05. The van der Waals surface area contributed by atoms with E-state index in [0.717, 1.165) is 0 Å². The van der Waals surface area contributed by atoms with E-state index in [0.29, 0.717) is 10.6 Å². The Kier molecular flexibility index (Phi) is 4.36. The van der Waals surface area contributed by atoms with Crippen molar-refractivity contribution in [2.24, 2.45) is 0 Å². The molecule has 0 fully saturated rings. The quantitative estimate of drug-likeness (QED) is 0.616. The number of nitrogens with one attached hydrogen (secondary N) is 2. The van der Waals surface area contributed by atoms with Gasteiger partial charge in [0.1, 0.15) is 5.00 Å². The molecule has 1 heterocycles. The molecule has 1 aromatic rings. The van der Waals surface area contributed by atoms with E-state index in [2.05, 4.69) is 21.3 Å². The predicted octanol–water partition coefficient (Wildman–Crippen LogP) is 1.29. The average Bonchev–Trinajstić information content (AvgIpc) is 2.73. The lowest BCUT2D eigenvalue weighted by Crippen LogP contribution is -2.29. The minimum atomic E-state index is -0.492. The van der Waals surface area contributed by atoms with Crippen molar-refractivity contribution in [3.8, 4) is 12.3 Å². The third-order valence-corrected chi connectivity index (χ3v) is 2.48. The molecule has 0 aliphatic heterocycles. The predicted molar refractivity (Wildman–Crippen MR) is 61.5 cm³/mol. The molecule has 16 heavy (non-hydrogen) atoms. The minimum absolute atomic E-state index is 0.130. The average molecular weight is 238 g/mol. The van der Waals surface area contributed by atoms with Crippen LogP contribution in [-0.2, 0) is 4.74 Å². The van der Waals surface area contributed by atoms with Gasteiger partial charge in [0, 0.05) is 0 Å². The maximum atomic E-state index is 11.3. The van der Waals surface area contributed by atoms with Crippen LogP contribution in [0.3, 0.4) is 0 Å². The number of anilines is 1. The first-order valence-corrected chi connectivity index (χ1v) is 5.21. The van der Waals surface area contributed by atoms with Gasteiger partial charge in [0.2, 0.25) is 0 Å². The lowest BCUT2D eigenvalue weighted by molar-refractivity contribution is 0.0602. The number of thiophene rings is 1. The minimum Gasteiger partial charge on any atom is -0.465 e. The fourth-order valence-electron chi connectivity index (χ4n) is 0.955. The zero-order valence-corrected chi connectivity index (χ0v) is 9.39. The largest absolute Gasteiger partial charge is 0.465 e. The summed E-state index contributed by atoms with van der Waals surface area (Å²) in [6, 6.07) is 1.12. The van der Waals surface area contributed by atoms with Gasteiger partial charge in [0.25, 0.3) is 0 Å². The second-order valence-electron chi connectivity index (χ2n) is 2.67. The summed E-state index contributed by atoms with van der Waals surface area (Å²) in [5.74, 6) is 1.77. The van der Waals surface area contributed by atoms with Crippen LogP contribution in [0, 0.1) is 12.3 Å². The first-order chi connectivity index (χ1) is 7.69. The number of rotatable bonds is 3. The van der Waals surface area contributed by atoms with Crippen molar-refractivity contribution >= 4 is 28.3 Å². The molecule has 0 spiro atoms. The van der Waals surface area contributed by atoms with Crippen LogP contribution in [0.4, 0.5) is 9.80 Å². The maximum absolute atomic E-state index is 11.3. The smallest absolute Gasteiger partial charge is 0.340 e. The Labute approximate surface area is 96.8 Å². The lowest BCUT2D eigenvalue weighted by Gasteiger charge is -2.04. The monoisotopic (exact) mass is 238 g/mol. The zero-order valence-electron chi connectivity index (χ0n) is 8.57. The molecule has 1 rings (SSSR count). The SMILES string of the molecule is C#CCNC(=O)Nc1sccc1C(=O)OC. The molecule has 5 nitrogen and oxygen atoms in total. The molecule has 84 valence electrons. The summed E-state index contributed by atoms with van der Waals surface area (Å²) in [4.78, 5) is 22.5. The molecular formula is C10H10N2O3S. The summed E-state index contributed by atoms with van der Waals surface area (Å²) >= 11 is 1.23. The summed E-state index contributed by atoms with van der Waals surface area (Å²) in [5.41, 5.74) is 0.323. The number of esters is 1. The molecule has 0 saturated heterocycles. The highest BCUT2D eigenvalue weighted by atomic mass is 32.1. The van der Waals surface area contributed by atoms with E-state index < -0.39 is 12.0 Å². The second-order valence-corrected chi connectivity index (χ2v) is 3.58. The number of hydrogen-bond donors (Lipinski definition) is 2. The highest BCUT2D eigenvalue weighted by Gasteiger charge is 2.14. The van der Waals surface area contributed by atoms with Gasteiger partial charge < -0.3 is 10.1 Å². The second kappa shape index (κ2) is 5.78. The number of carbonyl (C=O) groups excluding carboxylic acids is 2. The standard InChI is InChI=1S/C10H10N2O3S/c1-3-5-11-10(14)12-8-7(4-6-16-8)9(13)15-2/h1,4,6H,5H2,2H3,(H2,11,12,14). The van der Waals surface area contributed by atoms with Gasteiger partial charge in [0.05, 0.1) is 19.2 Å². The Bertz CT molecular complexity index is 434. The topological polar surface area (TPSA) is 67.4 Å². The Morgan fingerprint density at radius 2 is 2.38 bits per heavy atom. The number of urea groups is 1. The molecule has 6 heteroatoms. The van der Waals surface area contributed by atoms with Gasteiger partial charge in [-0.2, -0.15) is 0 Å². The van der Waals surface area contributed by atoms with Crippen LogP contribution in [0.5, 0.6) is 0 Å². The molecule has 0 aliphatic carbocycles. The molecule has 0 saturated carbocycles. The number of carbonyl (C=O) groups is 2. The van der Waals surface area contributed by atoms with E-state index in [1.165, 1.54) is 18.4 Å². The van der Waals surface area contributed by atoms with Crippen molar-refractivity contribution in [3.05, 3.63) is 17.0 Å². The molecule has 2 amide bonds. The van der Waals surface area contributed by atoms with Crippen LogP contribution in [0.1, 0.15) is 10.4 Å². The van der Waals surface area contributed by atoms with Crippen LogP contribution in [0.2, 0.25) is 0 Å². The Hall–Kier alpha value is -2.00. The Morgan fingerprint density at radius 1 is 1.62 bits per heavy atom. The van der Waals surface area contributed by atoms with Crippen molar-refractivity contribution in [3.63, 3.8) is 0 Å². The van der Waals surface area contributed by atoms with Gasteiger partial charge in [0.15, 0.2) is 0 Å². The van der Waals surface area contributed by atoms with Crippen molar-refractivity contribution in [2.75, 3.05) is 19.0 Å². The number of terminal acetylenes is 1. The van der Waals surface area contributed by atoms with Gasteiger partial charge in [-0.25, -0.2) is 9.59 Å². The molecular weight excluding hydrogens is 228 g/mol. The summed E-state index contributed by atoms with van der Waals surface area (Å²) in [7, 11) is 1.28. The van der Waals surface area contributed by atoms with E-state index in [1.807, 2.05) is 0 Å². The van der Waals surface area contributed by atoms with Crippen molar-refractivity contribution in [2.45, 2.75) is 0 Å². The van der Waals surface area contributed by atoms with Crippen LogP contribution in [0.15, 0.2) is 11.4 Å². The normalized spacial score (nSPS) is 9.00. The summed E-state index contributed by atoms with van der Waals surface area (Å²) in [6.45, 7) is 0.130. The van der Waals surface area contributed by atoms with Crippen molar-refractivity contribution in [1.82, 2.24) is 5.32 Å². The van der Waals surface area contributed by atoms with Gasteiger partial charge in [-0.05, 0) is 11.4 Å². The van der Waals surface area contributed by atoms with Gasteiger partial charge in [-0.15, -0.1) is 17.8 Å². The van der Waals surface area contributed by atoms with E-state index >= 15 is 0 Å². The van der Waals surface area contributed by atoms with Crippen LogP contribution < -0.4 is 10.6 Å². The van der Waals surface area contributed by atoms with E-state index in [-0.39, 0.29) is 6.54 Å². The Balaban J connectivity index is 2.67. The van der Waals surface area contributed by atoms with Crippen LogP contribution in [0.25, 0.3) is 0 Å². The van der Waals surface area contributed by atoms with Gasteiger partial charge in [-0.1, -0.05) is 5.92 Å². The van der Waals surface area contributed by atoms with Gasteiger partial charge >= 0.3 is 12.0 Å². The van der Waals surface area contributed by atoms with Crippen molar-refractivity contribution in [1.29, 1.82) is 0 Å². The Morgan fingerprint density at radius 3 is 3.00 bits per heavy atom. The fraction of sp³-hybridized carbons (Fsp3) is 0.200. The van der Waals surface area contributed by atoms with Gasteiger partial charge in [-0.3, -0.25) is 5.32 Å². The third kappa shape index (κ3) is 3.00. The summed E-state index contributed by atoms with van der Waals surface area (Å²) < 4.78 is 4.56. The van der Waals surface area contributed by atoms with E-state index in [4.69, 9.17) is 6.42 Å². The number of methoxy groups -OCH3 is 1. The summed E-state index contributed by atoms with van der Waals surface area (Å²) in [6.07, 6.45) is 4.99. The molecule has 0 atom stereocenters. The van der Waals surface area contributed by atoms with Crippen molar-refractivity contribution < 1.29 is 14.3 Å². The number of ether oxygens (including phenoxy) is 1. The number of hydrogen-bond acceptors (Lipinski definition) is 4. The highest BCUT2D eigenvalue weighted by molar-refractivity contribution is 7.14. The van der Waals surface area contributed by atoms with Crippen LogP contribution >= 0.6 is 11.3 Å². The molecule has 1 aromatic heterocycles. The molecule has 0 aliphatic rings. The lowest BCUT2D eigenvalue weighted by atomic mass is 10.3.